The molecule has 0 aliphatic rings. The van der Waals surface area contributed by atoms with Gasteiger partial charge in [-0.2, -0.15) is 0 Å². The topological polar surface area (TPSA) is 47.6 Å². The van der Waals surface area contributed by atoms with Gasteiger partial charge in [0.25, 0.3) is 0 Å². The summed E-state index contributed by atoms with van der Waals surface area (Å²) in [6.07, 6.45) is 1.76. The van der Waals surface area contributed by atoms with Crippen LogP contribution in [0.1, 0.15) is 11.1 Å². The molecular formula is C22H17ClN2O2. The van der Waals surface area contributed by atoms with Crippen molar-refractivity contribution in [1.29, 1.82) is 0 Å². The maximum Gasteiger partial charge on any atom is 0.227 e. The number of hydrogen-bond acceptors (Lipinski definition) is 4. The summed E-state index contributed by atoms with van der Waals surface area (Å²) in [7, 11) is 1.59. The van der Waals surface area contributed by atoms with Crippen LogP contribution in [0.15, 0.2) is 70.1 Å². The lowest BCUT2D eigenvalue weighted by Crippen LogP contribution is -1.86. The Labute approximate surface area is 162 Å². The molecule has 0 spiro atoms. The van der Waals surface area contributed by atoms with E-state index in [1.54, 1.807) is 13.3 Å². The van der Waals surface area contributed by atoms with Gasteiger partial charge in [-0.3, -0.25) is 4.99 Å². The van der Waals surface area contributed by atoms with Crippen LogP contribution in [0.2, 0.25) is 5.02 Å². The summed E-state index contributed by atoms with van der Waals surface area (Å²) < 4.78 is 11.1. The number of oxazole rings is 1. The van der Waals surface area contributed by atoms with Crippen LogP contribution < -0.4 is 4.74 Å². The summed E-state index contributed by atoms with van der Waals surface area (Å²) in [5.41, 5.74) is 5.31. The van der Waals surface area contributed by atoms with Crippen LogP contribution >= 0.6 is 11.6 Å². The second kappa shape index (κ2) is 7.25. The van der Waals surface area contributed by atoms with Crippen molar-refractivity contribution in [3.8, 4) is 17.2 Å². The molecule has 0 N–H and O–H groups in total. The van der Waals surface area contributed by atoms with E-state index in [9.17, 15) is 0 Å². The molecule has 134 valence electrons. The third-order valence-corrected chi connectivity index (χ3v) is 4.58. The van der Waals surface area contributed by atoms with Crippen molar-refractivity contribution >= 4 is 34.6 Å². The summed E-state index contributed by atoms with van der Waals surface area (Å²) in [5.74, 6) is 1.26. The maximum atomic E-state index is 6.15. The monoisotopic (exact) mass is 376 g/mol. The van der Waals surface area contributed by atoms with E-state index in [1.807, 2.05) is 67.6 Å². The number of aliphatic imine (C=N–C) groups is 1. The number of methoxy groups -OCH3 is 1. The minimum Gasteiger partial charge on any atom is -0.495 e. The fourth-order valence-electron chi connectivity index (χ4n) is 2.84. The second-order valence-corrected chi connectivity index (χ2v) is 6.55. The number of halogens is 1. The minimum absolute atomic E-state index is 0.552. The summed E-state index contributed by atoms with van der Waals surface area (Å²) in [6.45, 7) is 2.04. The van der Waals surface area contributed by atoms with E-state index in [1.165, 1.54) is 0 Å². The van der Waals surface area contributed by atoms with Crippen LogP contribution in [0, 0.1) is 6.92 Å². The first-order valence-electron chi connectivity index (χ1n) is 8.48. The molecule has 0 amide bonds. The molecule has 4 aromatic rings. The summed E-state index contributed by atoms with van der Waals surface area (Å²) in [6, 6.07) is 19.3. The summed E-state index contributed by atoms with van der Waals surface area (Å²) in [4.78, 5) is 9.13. The van der Waals surface area contributed by atoms with Gasteiger partial charge in [-0.15, -0.1) is 0 Å². The van der Waals surface area contributed by atoms with Gasteiger partial charge in [-0.1, -0.05) is 29.8 Å². The zero-order chi connectivity index (χ0) is 18.8. The van der Waals surface area contributed by atoms with Gasteiger partial charge >= 0.3 is 0 Å². The van der Waals surface area contributed by atoms with E-state index in [2.05, 4.69) is 9.98 Å². The number of benzene rings is 3. The first-order chi connectivity index (χ1) is 13.1. The zero-order valence-corrected chi connectivity index (χ0v) is 15.7. The van der Waals surface area contributed by atoms with Gasteiger partial charge in [-0.05, 0) is 60.5 Å². The van der Waals surface area contributed by atoms with E-state index in [-0.39, 0.29) is 0 Å². The Bertz CT molecular complexity index is 1150. The van der Waals surface area contributed by atoms with Gasteiger partial charge < -0.3 is 9.15 Å². The Morgan fingerprint density at radius 1 is 1.07 bits per heavy atom. The molecule has 4 rings (SSSR count). The van der Waals surface area contributed by atoms with Gasteiger partial charge in [0.1, 0.15) is 11.3 Å². The van der Waals surface area contributed by atoms with Crippen molar-refractivity contribution in [1.82, 2.24) is 4.98 Å². The second-order valence-electron chi connectivity index (χ2n) is 6.14. The van der Waals surface area contributed by atoms with Crippen molar-refractivity contribution in [3.63, 3.8) is 0 Å². The van der Waals surface area contributed by atoms with Crippen LogP contribution in [0.25, 0.3) is 22.6 Å². The molecule has 0 radical (unpaired) electrons. The molecule has 1 heterocycles. The molecule has 27 heavy (non-hydrogen) atoms. The fourth-order valence-corrected chi connectivity index (χ4v) is 3.10. The highest BCUT2D eigenvalue weighted by atomic mass is 35.5. The van der Waals surface area contributed by atoms with E-state index < -0.39 is 0 Å². The SMILES string of the molecule is COc1ccc(C=Nc2ccc3oc(-c4ccccc4C)nc3c2)cc1Cl. The van der Waals surface area contributed by atoms with Gasteiger partial charge in [0.05, 0.1) is 17.8 Å². The average molecular weight is 377 g/mol. The summed E-state index contributed by atoms with van der Waals surface area (Å²) in [5, 5.41) is 0.552. The minimum atomic E-state index is 0.552. The van der Waals surface area contributed by atoms with E-state index in [4.69, 9.17) is 20.8 Å². The molecule has 0 fully saturated rings. The van der Waals surface area contributed by atoms with Crippen molar-refractivity contribution in [2.45, 2.75) is 6.92 Å². The molecule has 3 aromatic carbocycles. The highest BCUT2D eigenvalue weighted by molar-refractivity contribution is 6.32. The molecule has 0 unspecified atom stereocenters. The molecule has 4 nitrogen and oxygen atoms in total. The van der Waals surface area contributed by atoms with Crippen LogP contribution in [0.3, 0.4) is 0 Å². The van der Waals surface area contributed by atoms with Gasteiger partial charge in [0.15, 0.2) is 5.58 Å². The van der Waals surface area contributed by atoms with Gasteiger partial charge in [-0.25, -0.2) is 4.98 Å². The zero-order valence-electron chi connectivity index (χ0n) is 14.9. The number of aryl methyl sites for hydroxylation is 1. The Morgan fingerprint density at radius 2 is 1.93 bits per heavy atom. The normalized spacial score (nSPS) is 11.4. The maximum absolute atomic E-state index is 6.15. The molecule has 0 aliphatic heterocycles. The third-order valence-electron chi connectivity index (χ3n) is 4.29. The number of ether oxygens (including phenoxy) is 1. The number of aromatic nitrogens is 1. The number of nitrogens with zero attached hydrogens (tertiary/aromatic N) is 2. The Hall–Kier alpha value is -3.11. The first kappa shape index (κ1) is 17.3. The first-order valence-corrected chi connectivity index (χ1v) is 8.86. The molecule has 5 heteroatoms. The predicted molar refractivity (Wildman–Crippen MR) is 109 cm³/mol. The largest absolute Gasteiger partial charge is 0.495 e. The molecule has 1 aromatic heterocycles. The van der Waals surface area contributed by atoms with Crippen LogP contribution in [0.5, 0.6) is 5.75 Å². The molecule has 0 atom stereocenters. The molecule has 0 bridgehead atoms. The molecular weight excluding hydrogens is 360 g/mol. The molecule has 0 saturated heterocycles. The smallest absolute Gasteiger partial charge is 0.227 e. The van der Waals surface area contributed by atoms with Gasteiger partial charge in [0.2, 0.25) is 5.89 Å². The average Bonchev–Trinajstić information content (AvgIpc) is 3.10. The summed E-state index contributed by atoms with van der Waals surface area (Å²) >= 11 is 6.15. The fraction of sp³-hybridized carbons (Fsp3) is 0.0909. The quantitative estimate of drug-likeness (QED) is 0.397. The Balaban J connectivity index is 1.64. The Kier molecular flexibility index (Phi) is 4.65. The molecule has 0 saturated carbocycles. The van der Waals surface area contributed by atoms with Crippen LogP contribution in [0.4, 0.5) is 5.69 Å². The van der Waals surface area contributed by atoms with Crippen molar-refractivity contribution in [3.05, 3.63) is 76.8 Å². The van der Waals surface area contributed by atoms with E-state index in [0.717, 1.165) is 33.5 Å². The van der Waals surface area contributed by atoms with Crippen molar-refractivity contribution in [2.75, 3.05) is 7.11 Å². The highest BCUT2D eigenvalue weighted by Gasteiger charge is 2.10. The van der Waals surface area contributed by atoms with Gasteiger partial charge in [0, 0.05) is 11.8 Å². The molecule has 0 aliphatic carbocycles. The lowest BCUT2D eigenvalue weighted by molar-refractivity contribution is 0.415. The standard InChI is InChI=1S/C22H17ClN2O2/c1-14-5-3-4-6-17(14)22-25-19-12-16(8-10-21(19)27-22)24-13-15-7-9-20(26-2)18(23)11-15/h3-13H,1-2H3. The predicted octanol–water partition coefficient (Wildman–Crippen LogP) is 6.22. The number of hydrogen-bond donors (Lipinski definition) is 0. The lowest BCUT2D eigenvalue weighted by atomic mass is 10.1. The van der Waals surface area contributed by atoms with Crippen molar-refractivity contribution in [2.24, 2.45) is 4.99 Å². The Morgan fingerprint density at radius 3 is 2.70 bits per heavy atom. The lowest BCUT2D eigenvalue weighted by Gasteiger charge is -2.02. The number of rotatable bonds is 4. The van der Waals surface area contributed by atoms with Crippen LogP contribution in [-0.4, -0.2) is 18.3 Å². The van der Waals surface area contributed by atoms with Crippen molar-refractivity contribution < 1.29 is 9.15 Å². The van der Waals surface area contributed by atoms with Crippen LogP contribution in [-0.2, 0) is 0 Å². The number of fused-ring (bicyclic) bond motifs is 1. The third kappa shape index (κ3) is 3.57. The van der Waals surface area contributed by atoms with E-state index in [0.29, 0.717) is 16.7 Å². The highest BCUT2D eigenvalue weighted by Crippen LogP contribution is 2.29. The van der Waals surface area contributed by atoms with E-state index >= 15 is 0 Å².